The first-order valence-electron chi connectivity index (χ1n) is 12.7. The molecule has 0 amide bonds. The minimum Gasteiger partial charge on any atom is -0.493 e. The van der Waals surface area contributed by atoms with Crippen molar-refractivity contribution in [1.82, 2.24) is 4.98 Å². The van der Waals surface area contributed by atoms with E-state index in [0.29, 0.717) is 41.9 Å². The van der Waals surface area contributed by atoms with Crippen molar-refractivity contribution in [3.8, 4) is 28.7 Å². The van der Waals surface area contributed by atoms with E-state index < -0.39 is 0 Å². The topological polar surface area (TPSA) is 83.4 Å². The number of methoxy groups -OCH3 is 2. The molecule has 1 unspecified atom stereocenters. The zero-order chi connectivity index (χ0) is 25.9. The Morgan fingerprint density at radius 1 is 0.947 bits per heavy atom. The maximum atomic E-state index is 6.09. The highest BCUT2D eigenvalue weighted by Crippen LogP contribution is 2.39. The maximum absolute atomic E-state index is 6.09. The molecular weight excluding hydrogens is 482 g/mol. The number of aromatic nitrogens is 1. The number of benzene rings is 3. The highest BCUT2D eigenvalue weighted by molar-refractivity contribution is 6.17. The first-order valence-corrected chi connectivity index (χ1v) is 12.7. The fraction of sp³-hybridized carbons (Fsp3) is 0.267. The van der Waals surface area contributed by atoms with Gasteiger partial charge in [0, 0.05) is 35.5 Å². The molecule has 6 rings (SSSR count). The Bertz CT molecular complexity index is 1480. The van der Waals surface area contributed by atoms with Crippen LogP contribution in [-0.4, -0.2) is 50.8 Å². The molecule has 4 aromatic rings. The number of nitrogens with one attached hydrogen (secondary N) is 1. The average molecular weight is 512 g/mol. The van der Waals surface area contributed by atoms with E-state index in [-0.39, 0.29) is 6.10 Å². The SMILES string of the molecule is COc1cc2c(Nc3ccc(Oc4ccccc4OC)cc3)c(C3=NC3)cnc2cc1OCC1CCCO1. The summed E-state index contributed by atoms with van der Waals surface area (Å²) in [5.74, 6) is 3.36. The molecule has 0 saturated carbocycles. The number of hydrogen-bond acceptors (Lipinski definition) is 8. The predicted molar refractivity (Wildman–Crippen MR) is 147 cm³/mol. The predicted octanol–water partition coefficient (Wildman–Crippen LogP) is 6.15. The molecule has 1 atom stereocenters. The van der Waals surface area contributed by atoms with Gasteiger partial charge < -0.3 is 29.0 Å². The molecule has 38 heavy (non-hydrogen) atoms. The van der Waals surface area contributed by atoms with Gasteiger partial charge in [0.2, 0.25) is 0 Å². The van der Waals surface area contributed by atoms with Crippen LogP contribution < -0.4 is 24.3 Å². The second kappa shape index (κ2) is 10.6. The van der Waals surface area contributed by atoms with Crippen LogP contribution in [0.4, 0.5) is 11.4 Å². The summed E-state index contributed by atoms with van der Waals surface area (Å²) >= 11 is 0. The third kappa shape index (κ3) is 5.08. The van der Waals surface area contributed by atoms with E-state index >= 15 is 0 Å². The number of anilines is 2. The summed E-state index contributed by atoms with van der Waals surface area (Å²) in [5.41, 5.74) is 4.63. The first kappa shape index (κ1) is 24.1. The molecule has 8 heteroatoms. The van der Waals surface area contributed by atoms with E-state index in [1.54, 1.807) is 14.2 Å². The average Bonchev–Trinajstić information content (AvgIpc) is 3.66. The van der Waals surface area contributed by atoms with Crippen LogP contribution >= 0.6 is 0 Å². The quantitative estimate of drug-likeness (QED) is 0.273. The summed E-state index contributed by atoms with van der Waals surface area (Å²) in [7, 11) is 3.28. The fourth-order valence-corrected chi connectivity index (χ4v) is 4.57. The number of ether oxygens (including phenoxy) is 5. The largest absolute Gasteiger partial charge is 0.493 e. The molecule has 2 aliphatic rings. The van der Waals surface area contributed by atoms with Gasteiger partial charge in [-0.1, -0.05) is 12.1 Å². The van der Waals surface area contributed by atoms with E-state index in [1.807, 2.05) is 66.9 Å². The van der Waals surface area contributed by atoms with E-state index in [0.717, 1.165) is 53.0 Å². The third-order valence-electron chi connectivity index (χ3n) is 6.65. The summed E-state index contributed by atoms with van der Waals surface area (Å²) in [6.45, 7) is 2.00. The van der Waals surface area contributed by atoms with E-state index in [9.17, 15) is 0 Å². The standard InChI is InChI=1S/C30H29N3O5/c1-34-26-7-3-4-8-27(26)38-20-11-9-19(10-12-20)33-30-22-14-28(35-2)29(37-18-21-6-5-13-36-21)15-24(22)31-16-23(30)25-17-32-25/h3-4,7-12,14-16,21H,5-6,13,17-18H2,1-2H3,(H,31,33). The van der Waals surface area contributed by atoms with Crippen LogP contribution in [0.15, 0.2) is 71.9 Å². The van der Waals surface area contributed by atoms with Gasteiger partial charge in [0.1, 0.15) is 12.4 Å². The number of pyridine rings is 1. The maximum Gasteiger partial charge on any atom is 0.169 e. The summed E-state index contributed by atoms with van der Waals surface area (Å²) in [6.07, 6.45) is 4.06. The van der Waals surface area contributed by atoms with Crippen molar-refractivity contribution >= 4 is 28.0 Å². The molecule has 3 aromatic carbocycles. The van der Waals surface area contributed by atoms with Crippen LogP contribution in [0.25, 0.3) is 10.9 Å². The van der Waals surface area contributed by atoms with Crippen LogP contribution in [0, 0.1) is 0 Å². The van der Waals surface area contributed by atoms with Crippen molar-refractivity contribution < 1.29 is 23.7 Å². The Kier molecular flexibility index (Phi) is 6.71. The Morgan fingerprint density at radius 3 is 2.45 bits per heavy atom. The normalized spacial score (nSPS) is 16.2. The van der Waals surface area contributed by atoms with Crippen molar-refractivity contribution in [3.63, 3.8) is 0 Å². The van der Waals surface area contributed by atoms with Gasteiger partial charge >= 0.3 is 0 Å². The van der Waals surface area contributed by atoms with E-state index in [1.165, 1.54) is 0 Å². The van der Waals surface area contributed by atoms with Crippen molar-refractivity contribution in [2.24, 2.45) is 4.99 Å². The summed E-state index contributed by atoms with van der Waals surface area (Å²) in [4.78, 5) is 9.15. The number of para-hydroxylation sites is 2. The zero-order valence-electron chi connectivity index (χ0n) is 21.4. The van der Waals surface area contributed by atoms with E-state index in [4.69, 9.17) is 28.7 Å². The number of rotatable bonds is 10. The van der Waals surface area contributed by atoms with E-state index in [2.05, 4.69) is 10.3 Å². The monoisotopic (exact) mass is 511 g/mol. The summed E-state index contributed by atoms with van der Waals surface area (Å²) in [5, 5.41) is 4.50. The number of hydrogen-bond donors (Lipinski definition) is 1. The number of fused-ring (bicyclic) bond motifs is 1. The van der Waals surface area contributed by atoms with Crippen molar-refractivity contribution in [2.45, 2.75) is 18.9 Å². The lowest BCUT2D eigenvalue weighted by Crippen LogP contribution is -2.16. The molecule has 2 aliphatic heterocycles. The molecule has 3 heterocycles. The van der Waals surface area contributed by atoms with Gasteiger partial charge in [-0.25, -0.2) is 0 Å². The Hall–Kier alpha value is -4.30. The number of aliphatic imine (C=N–C) groups is 1. The van der Waals surface area contributed by atoms with Crippen LogP contribution in [-0.2, 0) is 4.74 Å². The molecule has 1 aromatic heterocycles. The molecule has 0 aliphatic carbocycles. The molecule has 8 nitrogen and oxygen atoms in total. The minimum absolute atomic E-state index is 0.116. The molecule has 194 valence electrons. The molecule has 0 bridgehead atoms. The minimum atomic E-state index is 0.116. The van der Waals surface area contributed by atoms with Gasteiger partial charge in [-0.05, 0) is 55.3 Å². The fourth-order valence-electron chi connectivity index (χ4n) is 4.57. The third-order valence-corrected chi connectivity index (χ3v) is 6.65. The second-order valence-electron chi connectivity index (χ2n) is 9.18. The van der Waals surface area contributed by atoms with Gasteiger partial charge in [0.05, 0.1) is 43.8 Å². The van der Waals surface area contributed by atoms with Crippen LogP contribution in [0.2, 0.25) is 0 Å². The molecule has 0 radical (unpaired) electrons. The van der Waals surface area contributed by atoms with Crippen molar-refractivity contribution in [1.29, 1.82) is 0 Å². The second-order valence-corrected chi connectivity index (χ2v) is 9.18. The van der Waals surface area contributed by atoms with Gasteiger partial charge in [0.15, 0.2) is 23.0 Å². The van der Waals surface area contributed by atoms with Crippen LogP contribution in [0.1, 0.15) is 18.4 Å². The van der Waals surface area contributed by atoms with Gasteiger partial charge in [-0.15, -0.1) is 0 Å². The lowest BCUT2D eigenvalue weighted by atomic mass is 10.1. The van der Waals surface area contributed by atoms with Gasteiger partial charge in [-0.2, -0.15) is 0 Å². The number of nitrogens with zero attached hydrogens (tertiary/aromatic N) is 2. The lowest BCUT2D eigenvalue weighted by Gasteiger charge is -2.17. The highest BCUT2D eigenvalue weighted by atomic mass is 16.5. The zero-order valence-corrected chi connectivity index (χ0v) is 21.4. The Morgan fingerprint density at radius 2 is 1.74 bits per heavy atom. The summed E-state index contributed by atoms with van der Waals surface area (Å²) < 4.78 is 28.9. The molecule has 0 spiro atoms. The Balaban J connectivity index is 1.28. The highest BCUT2D eigenvalue weighted by Gasteiger charge is 2.22. The first-order chi connectivity index (χ1) is 18.7. The van der Waals surface area contributed by atoms with Crippen molar-refractivity contribution in [3.05, 3.63) is 72.4 Å². The summed E-state index contributed by atoms with van der Waals surface area (Å²) in [6, 6.07) is 19.3. The lowest BCUT2D eigenvalue weighted by molar-refractivity contribution is 0.0670. The Labute approximate surface area is 221 Å². The van der Waals surface area contributed by atoms with Gasteiger partial charge in [-0.3, -0.25) is 9.98 Å². The molecule has 1 saturated heterocycles. The van der Waals surface area contributed by atoms with Gasteiger partial charge in [0.25, 0.3) is 0 Å². The molecule has 1 fully saturated rings. The molecule has 1 N–H and O–H groups in total. The van der Waals surface area contributed by atoms with Crippen LogP contribution in [0.3, 0.4) is 0 Å². The van der Waals surface area contributed by atoms with Crippen LogP contribution in [0.5, 0.6) is 28.7 Å². The molecular formula is C30H29N3O5. The smallest absolute Gasteiger partial charge is 0.169 e. The van der Waals surface area contributed by atoms with Crippen molar-refractivity contribution in [2.75, 3.05) is 39.3 Å².